The van der Waals surface area contributed by atoms with Crippen molar-refractivity contribution in [2.24, 2.45) is 5.92 Å². The average molecular weight is 366 g/mol. The lowest BCUT2D eigenvalue weighted by atomic mass is 9.97. The van der Waals surface area contributed by atoms with Gasteiger partial charge in [-0.3, -0.25) is 4.79 Å². The molecule has 6 nitrogen and oxygen atoms in total. The summed E-state index contributed by atoms with van der Waals surface area (Å²) in [5.41, 5.74) is 0. The molecule has 0 bridgehead atoms. The molecule has 0 spiro atoms. The highest BCUT2D eigenvalue weighted by Gasteiger charge is 2.31. The quantitative estimate of drug-likeness (QED) is 0.866. The Morgan fingerprint density at radius 2 is 1.68 bits per heavy atom. The van der Waals surface area contributed by atoms with Crippen LogP contribution in [0, 0.1) is 5.92 Å². The first-order chi connectivity index (χ1) is 12.0. The van der Waals surface area contributed by atoms with Crippen molar-refractivity contribution in [3.63, 3.8) is 0 Å². The summed E-state index contributed by atoms with van der Waals surface area (Å²) in [4.78, 5) is 12.0. The van der Waals surface area contributed by atoms with Crippen LogP contribution in [0.4, 0.5) is 0 Å². The first kappa shape index (κ1) is 18.2. The van der Waals surface area contributed by atoms with Gasteiger partial charge in [0.2, 0.25) is 15.9 Å². The number of carbonyl (C=O) groups excluding carboxylic acids is 1. The fraction of sp³-hybridized carbons (Fsp3) is 0.611. The molecule has 1 amide bonds. The summed E-state index contributed by atoms with van der Waals surface area (Å²) in [6.07, 6.45) is 5.91. The highest BCUT2D eigenvalue weighted by atomic mass is 32.2. The van der Waals surface area contributed by atoms with Gasteiger partial charge < -0.3 is 10.1 Å². The van der Waals surface area contributed by atoms with E-state index in [1.807, 2.05) is 0 Å². The zero-order valence-electron chi connectivity index (χ0n) is 14.6. The molecule has 7 heteroatoms. The number of ether oxygens (including phenoxy) is 1. The third-order valence-corrected chi connectivity index (χ3v) is 7.05. The minimum atomic E-state index is -3.52. The van der Waals surface area contributed by atoms with Crippen LogP contribution in [0.25, 0.3) is 0 Å². The summed E-state index contributed by atoms with van der Waals surface area (Å²) in [7, 11) is -1.90. The van der Waals surface area contributed by atoms with Gasteiger partial charge >= 0.3 is 0 Å². The van der Waals surface area contributed by atoms with Gasteiger partial charge in [-0.2, -0.15) is 4.31 Å². The Labute approximate surface area is 149 Å². The van der Waals surface area contributed by atoms with E-state index in [1.165, 1.54) is 17.1 Å². The molecule has 1 saturated carbocycles. The van der Waals surface area contributed by atoms with E-state index in [4.69, 9.17) is 4.74 Å². The topological polar surface area (TPSA) is 75.7 Å². The summed E-state index contributed by atoms with van der Waals surface area (Å²) in [5.74, 6) is 0.619. The van der Waals surface area contributed by atoms with E-state index in [0.717, 1.165) is 18.6 Å². The fourth-order valence-corrected chi connectivity index (χ4v) is 5.07. The Bertz CT molecular complexity index is 688. The van der Waals surface area contributed by atoms with Crippen LogP contribution in [-0.4, -0.2) is 44.9 Å². The maximum absolute atomic E-state index is 12.8. The van der Waals surface area contributed by atoms with Crippen LogP contribution in [0.15, 0.2) is 29.2 Å². The molecule has 1 saturated heterocycles. The van der Waals surface area contributed by atoms with E-state index in [2.05, 4.69) is 5.32 Å². The Morgan fingerprint density at radius 1 is 1.08 bits per heavy atom. The van der Waals surface area contributed by atoms with Crippen LogP contribution >= 0.6 is 0 Å². The molecule has 2 aliphatic rings. The molecule has 0 unspecified atom stereocenters. The molecule has 1 aliphatic heterocycles. The zero-order chi connectivity index (χ0) is 17.9. The van der Waals surface area contributed by atoms with Crippen LogP contribution in [0.5, 0.6) is 5.75 Å². The summed E-state index contributed by atoms with van der Waals surface area (Å²) >= 11 is 0. The number of carbonyl (C=O) groups is 1. The van der Waals surface area contributed by atoms with Gasteiger partial charge in [0.25, 0.3) is 0 Å². The molecule has 1 N–H and O–H groups in total. The number of nitrogens with one attached hydrogen (secondary N) is 1. The lowest BCUT2D eigenvalue weighted by Crippen LogP contribution is -2.42. The minimum Gasteiger partial charge on any atom is -0.490 e. The van der Waals surface area contributed by atoms with Gasteiger partial charge in [0.1, 0.15) is 5.75 Å². The van der Waals surface area contributed by atoms with Crippen molar-refractivity contribution in [2.45, 2.75) is 49.5 Å². The van der Waals surface area contributed by atoms with Gasteiger partial charge in [0, 0.05) is 26.1 Å². The number of amides is 1. The van der Waals surface area contributed by atoms with Crippen molar-refractivity contribution >= 4 is 15.9 Å². The maximum atomic E-state index is 12.8. The van der Waals surface area contributed by atoms with Crippen molar-refractivity contribution in [1.29, 1.82) is 0 Å². The molecule has 25 heavy (non-hydrogen) atoms. The second kappa shape index (κ2) is 7.74. The molecule has 0 atom stereocenters. The molecule has 1 aromatic carbocycles. The largest absolute Gasteiger partial charge is 0.490 e. The number of nitrogens with zero attached hydrogens (tertiary/aromatic N) is 1. The lowest BCUT2D eigenvalue weighted by Gasteiger charge is -2.30. The second-order valence-corrected chi connectivity index (χ2v) is 8.73. The van der Waals surface area contributed by atoms with Crippen molar-refractivity contribution in [1.82, 2.24) is 9.62 Å². The molecule has 1 aromatic rings. The highest BCUT2D eigenvalue weighted by Crippen LogP contribution is 2.27. The molecule has 2 fully saturated rings. The third-order valence-electron chi connectivity index (χ3n) is 5.14. The van der Waals surface area contributed by atoms with Gasteiger partial charge in [-0.15, -0.1) is 0 Å². The molecular weight excluding hydrogens is 340 g/mol. The predicted octanol–water partition coefficient (Wildman–Crippen LogP) is 2.15. The Balaban J connectivity index is 1.63. The first-order valence-electron chi connectivity index (χ1n) is 8.99. The second-order valence-electron chi connectivity index (χ2n) is 6.79. The van der Waals surface area contributed by atoms with E-state index < -0.39 is 10.0 Å². The number of hydrogen-bond donors (Lipinski definition) is 1. The summed E-state index contributed by atoms with van der Waals surface area (Å²) in [6.45, 7) is 0.751. The Kier molecular flexibility index (Phi) is 5.64. The van der Waals surface area contributed by atoms with Crippen LogP contribution in [-0.2, 0) is 14.8 Å². The average Bonchev–Trinajstić information content (AvgIpc) is 3.14. The third kappa shape index (κ3) is 4.15. The van der Waals surface area contributed by atoms with E-state index in [0.29, 0.717) is 25.9 Å². The molecule has 138 valence electrons. The monoisotopic (exact) mass is 366 g/mol. The van der Waals surface area contributed by atoms with Crippen molar-refractivity contribution in [2.75, 3.05) is 20.1 Å². The van der Waals surface area contributed by atoms with Gasteiger partial charge in [-0.25, -0.2) is 8.42 Å². The standard InChI is InChI=1S/C18H26N2O4S/c1-19-18(21)14-10-12-20(13-11-14)25(22,23)17-8-6-16(7-9-17)24-15-4-2-3-5-15/h6-9,14-15H,2-5,10-13H2,1H3,(H,19,21). The van der Waals surface area contributed by atoms with E-state index in [-0.39, 0.29) is 22.8 Å². The van der Waals surface area contributed by atoms with E-state index in [9.17, 15) is 13.2 Å². The Morgan fingerprint density at radius 3 is 2.24 bits per heavy atom. The molecular formula is C18H26N2O4S. The van der Waals surface area contributed by atoms with E-state index in [1.54, 1.807) is 31.3 Å². The SMILES string of the molecule is CNC(=O)C1CCN(S(=O)(=O)c2ccc(OC3CCCC3)cc2)CC1. The van der Waals surface area contributed by atoms with Crippen LogP contribution in [0.3, 0.4) is 0 Å². The van der Waals surface area contributed by atoms with Crippen LogP contribution < -0.4 is 10.1 Å². The normalized spacial score (nSPS) is 20.5. The maximum Gasteiger partial charge on any atom is 0.243 e. The minimum absolute atomic E-state index is 0.00883. The molecule has 0 aromatic heterocycles. The molecule has 0 radical (unpaired) electrons. The van der Waals surface area contributed by atoms with Crippen molar-refractivity contribution in [3.05, 3.63) is 24.3 Å². The zero-order valence-corrected chi connectivity index (χ0v) is 15.4. The predicted molar refractivity (Wildman–Crippen MR) is 94.9 cm³/mol. The smallest absolute Gasteiger partial charge is 0.243 e. The Hall–Kier alpha value is -1.60. The fourth-order valence-electron chi connectivity index (χ4n) is 3.60. The molecule has 1 heterocycles. The number of benzene rings is 1. The summed E-state index contributed by atoms with van der Waals surface area (Å²) in [6, 6.07) is 6.71. The van der Waals surface area contributed by atoms with Gasteiger partial charge in [-0.1, -0.05) is 0 Å². The van der Waals surface area contributed by atoms with Gasteiger partial charge in [0.15, 0.2) is 0 Å². The van der Waals surface area contributed by atoms with E-state index >= 15 is 0 Å². The van der Waals surface area contributed by atoms with Crippen molar-refractivity contribution in [3.8, 4) is 5.75 Å². The van der Waals surface area contributed by atoms with Crippen LogP contribution in [0.1, 0.15) is 38.5 Å². The number of hydrogen-bond acceptors (Lipinski definition) is 4. The van der Waals surface area contributed by atoms with Gasteiger partial charge in [0.05, 0.1) is 11.0 Å². The summed E-state index contributed by atoms with van der Waals surface area (Å²) in [5, 5.41) is 2.63. The number of rotatable bonds is 5. The van der Waals surface area contributed by atoms with Gasteiger partial charge in [-0.05, 0) is 62.8 Å². The molecule has 3 rings (SSSR count). The van der Waals surface area contributed by atoms with Crippen LogP contribution in [0.2, 0.25) is 0 Å². The highest BCUT2D eigenvalue weighted by molar-refractivity contribution is 7.89. The lowest BCUT2D eigenvalue weighted by molar-refractivity contribution is -0.125. The van der Waals surface area contributed by atoms with Crippen molar-refractivity contribution < 1.29 is 17.9 Å². The first-order valence-corrected chi connectivity index (χ1v) is 10.4. The number of sulfonamides is 1. The molecule has 1 aliphatic carbocycles. The number of piperidine rings is 1. The summed E-state index contributed by atoms with van der Waals surface area (Å²) < 4.78 is 32.9.